The maximum Gasteiger partial charge on any atom is 0.264 e. The summed E-state index contributed by atoms with van der Waals surface area (Å²) in [4.78, 5) is 7.91. The molecule has 3 nitrogen and oxygen atoms in total. The van der Waals surface area contributed by atoms with Crippen molar-refractivity contribution in [1.29, 1.82) is 0 Å². The van der Waals surface area contributed by atoms with Crippen molar-refractivity contribution in [3.63, 3.8) is 0 Å². The lowest BCUT2D eigenvalue weighted by molar-refractivity contribution is 0.590. The Balaban J connectivity index is 1.17. The van der Waals surface area contributed by atoms with Crippen LogP contribution in [0, 0.1) is 0 Å². The van der Waals surface area contributed by atoms with E-state index in [-0.39, 0.29) is 33.8 Å². The molecule has 11 aromatic carbocycles. The van der Waals surface area contributed by atoms with Crippen LogP contribution in [0.5, 0.6) is 0 Å². The summed E-state index contributed by atoms with van der Waals surface area (Å²) in [5, 5.41) is 6.59. The molecule has 0 amide bonds. The van der Waals surface area contributed by atoms with E-state index in [0.29, 0.717) is 0 Å². The monoisotopic (exact) mass is 1260 g/mol. The maximum atomic E-state index is 2.75. The average molecular weight is 1260 g/mol. The lowest BCUT2D eigenvalue weighted by Crippen LogP contribution is -2.75. The smallest absolute Gasteiger partial charge is 0.264 e. The van der Waals surface area contributed by atoms with Crippen molar-refractivity contribution < 1.29 is 0 Å². The van der Waals surface area contributed by atoms with E-state index in [1.165, 1.54) is 114 Å². The molecule has 3 heterocycles. The molecule has 1 aromatic heterocycles. The van der Waals surface area contributed by atoms with Gasteiger partial charge in [-0.2, -0.15) is 0 Å². The highest BCUT2D eigenvalue weighted by Gasteiger charge is 2.49. The van der Waals surface area contributed by atoms with E-state index in [1.807, 2.05) is 11.3 Å². The average Bonchev–Trinajstić information content (AvgIpc) is 1.17. The molecular weight excluding hydrogens is 1170 g/mol. The van der Waals surface area contributed by atoms with Crippen molar-refractivity contribution >= 4 is 124 Å². The Morgan fingerprint density at radius 3 is 1.23 bits per heavy atom. The number of nitrogens with zero attached hydrogens (tertiary/aromatic N) is 3. The zero-order chi connectivity index (χ0) is 65.9. The fraction of sp³-hybridized carbons (Fsp3) is 0.227. The summed E-state index contributed by atoms with van der Waals surface area (Å²) >= 11 is 1.98. The summed E-state index contributed by atoms with van der Waals surface area (Å²) in [5.41, 5.74) is 21.7. The lowest BCUT2D eigenvalue weighted by Gasteiger charge is -2.45. The first kappa shape index (κ1) is 62.5. The van der Waals surface area contributed by atoms with E-state index in [1.54, 1.807) is 0 Å². The Kier molecular flexibility index (Phi) is 15.4. The summed E-state index contributed by atoms with van der Waals surface area (Å²) in [6.45, 7) is 34.8. The predicted octanol–water partition coefficient (Wildman–Crippen LogP) is 20.0. The summed E-state index contributed by atoms with van der Waals surface area (Å²) < 4.78 is 2.64. The Morgan fingerprint density at radius 1 is 0.340 bits per heavy atom. The zero-order valence-electron chi connectivity index (χ0n) is 57.7. The van der Waals surface area contributed by atoms with Crippen LogP contribution in [-0.4, -0.2) is 14.8 Å². The van der Waals surface area contributed by atoms with Crippen molar-refractivity contribution in [3.05, 3.63) is 289 Å². The maximum absolute atomic E-state index is 3.28. The van der Waals surface area contributed by atoms with Crippen molar-refractivity contribution in [2.75, 3.05) is 14.7 Å². The van der Waals surface area contributed by atoms with Crippen LogP contribution >= 0.6 is 11.3 Å². The molecule has 2 aliphatic rings. The molecule has 0 bridgehead atoms. The number of hydrogen-bond donors (Lipinski definition) is 0. The van der Waals surface area contributed by atoms with Crippen molar-refractivity contribution in [3.8, 4) is 11.1 Å². The topological polar surface area (TPSA) is 9.72 Å². The van der Waals surface area contributed by atoms with E-state index in [2.05, 4.69) is 379 Å². The minimum atomic E-state index is -3.28. The molecule has 468 valence electrons. The third kappa shape index (κ3) is 10.9. The third-order valence-electron chi connectivity index (χ3n) is 20.0. The molecule has 2 aliphatic heterocycles. The number of benzene rings is 11. The Labute approximate surface area is 565 Å². The largest absolute Gasteiger partial charge is 0.311 e. The Hall–Kier alpha value is -8.94. The predicted molar refractivity (Wildman–Crippen MR) is 413 cm³/mol. The highest BCUT2D eigenvalue weighted by molar-refractivity contribution is 7.33. The van der Waals surface area contributed by atoms with Gasteiger partial charge in [-0.15, -0.1) is 11.3 Å². The minimum absolute atomic E-state index is 0.00597. The van der Waals surface area contributed by atoms with Crippen LogP contribution in [0.25, 0.3) is 21.2 Å². The molecule has 0 spiro atoms. The van der Waals surface area contributed by atoms with E-state index in [0.717, 1.165) is 22.7 Å². The number of fused-ring (bicyclic) bond motifs is 6. The molecule has 0 aliphatic carbocycles. The standard InChI is InChI=1S/C88H88BN3SSi/c1-84(2,3)60-36-44-65(45-37-60)90(66-46-38-61(39-47-66)85(4,5)6)68-50-51-75-77(56-68)91(67-48-40-62(41-49-67)86(7,8)9)78-57-72(94(69-30-22-17-23-31-69,70-32-24-18-25-33-70)71-34-26-19-27-35-71)58-79-81(78)89(75)83-82(74-55-64(88(13,14)15)43-53-80(74)93-83)92(79)76-52-42-63(87(10,11)12)54-73(76)59-28-20-16-21-29-59/h16-58H,1-15H3. The van der Waals surface area contributed by atoms with E-state index in [4.69, 9.17) is 0 Å². The third-order valence-corrected chi connectivity index (χ3v) is 26.0. The molecular formula is C88H88BN3SSi. The van der Waals surface area contributed by atoms with Crippen LogP contribution in [0.1, 0.15) is 132 Å². The van der Waals surface area contributed by atoms with Gasteiger partial charge >= 0.3 is 0 Å². The van der Waals surface area contributed by atoms with E-state index in [9.17, 15) is 0 Å². The summed E-state index contributed by atoms with van der Waals surface area (Å²) in [6.07, 6.45) is 0. The molecule has 14 rings (SSSR count). The van der Waals surface area contributed by atoms with Gasteiger partial charge in [0.15, 0.2) is 8.07 Å². The van der Waals surface area contributed by atoms with E-state index >= 15 is 0 Å². The molecule has 0 N–H and O–H groups in total. The van der Waals surface area contributed by atoms with Gasteiger partial charge in [0.1, 0.15) is 0 Å². The molecule has 6 heteroatoms. The Morgan fingerprint density at radius 2 is 0.755 bits per heavy atom. The molecule has 0 saturated heterocycles. The fourth-order valence-corrected chi connectivity index (χ4v) is 20.8. The highest BCUT2D eigenvalue weighted by atomic mass is 32.1. The molecule has 0 saturated carbocycles. The minimum Gasteiger partial charge on any atom is -0.311 e. The van der Waals surface area contributed by atoms with Gasteiger partial charge in [-0.25, -0.2) is 0 Å². The molecule has 0 radical (unpaired) electrons. The van der Waals surface area contributed by atoms with Crippen molar-refractivity contribution in [2.24, 2.45) is 0 Å². The molecule has 0 unspecified atom stereocenters. The van der Waals surface area contributed by atoms with Gasteiger partial charge in [-0.05, 0) is 177 Å². The number of rotatable bonds is 10. The normalized spacial score (nSPS) is 13.4. The highest BCUT2D eigenvalue weighted by Crippen LogP contribution is 2.52. The zero-order valence-corrected chi connectivity index (χ0v) is 59.5. The lowest BCUT2D eigenvalue weighted by atomic mass is 9.36. The summed E-state index contributed by atoms with van der Waals surface area (Å²) in [7, 11) is -3.28. The summed E-state index contributed by atoms with van der Waals surface area (Å²) in [6, 6.07) is 101. The van der Waals surface area contributed by atoms with Crippen LogP contribution in [0.15, 0.2) is 261 Å². The molecule has 12 aromatic rings. The first-order valence-corrected chi connectivity index (χ1v) is 36.6. The van der Waals surface area contributed by atoms with Crippen molar-refractivity contribution in [2.45, 2.75) is 131 Å². The van der Waals surface area contributed by atoms with Crippen LogP contribution in [0.2, 0.25) is 0 Å². The molecule has 94 heavy (non-hydrogen) atoms. The quantitative estimate of drug-likeness (QED) is 0.0998. The van der Waals surface area contributed by atoms with Gasteiger partial charge < -0.3 is 14.7 Å². The van der Waals surface area contributed by atoms with Crippen molar-refractivity contribution in [1.82, 2.24) is 0 Å². The Bertz CT molecular complexity index is 4620. The van der Waals surface area contributed by atoms with Gasteiger partial charge in [-0.3, -0.25) is 0 Å². The van der Waals surface area contributed by atoms with E-state index < -0.39 is 8.07 Å². The van der Waals surface area contributed by atoms with Gasteiger partial charge in [0.25, 0.3) is 6.71 Å². The van der Waals surface area contributed by atoms with Gasteiger partial charge in [0, 0.05) is 60.2 Å². The molecule has 0 atom stereocenters. The van der Waals surface area contributed by atoms with Crippen LogP contribution in [-0.2, 0) is 27.1 Å². The van der Waals surface area contributed by atoms with Gasteiger partial charge in [-0.1, -0.05) is 280 Å². The number of thiophene rings is 1. The second-order valence-corrected chi connectivity index (χ2v) is 36.4. The molecule has 0 fully saturated rings. The van der Waals surface area contributed by atoms with Crippen LogP contribution in [0.4, 0.5) is 51.2 Å². The SMILES string of the molecule is CC(C)(C)c1ccc(N(c2ccc(C(C)(C)C)cc2)c2ccc3c(c2)N(c2ccc(C(C)(C)C)cc2)c2cc([Si](c4ccccc4)(c4ccccc4)c4ccccc4)cc4c2B3c2sc3ccc(C(C)(C)C)cc3c2N4c2ccc(C(C)(C)C)cc2-c2ccccc2)cc1. The summed E-state index contributed by atoms with van der Waals surface area (Å²) in [5.74, 6) is 0. The second kappa shape index (κ2) is 23.2. The number of anilines is 9. The number of hydrogen-bond acceptors (Lipinski definition) is 4. The van der Waals surface area contributed by atoms with Gasteiger partial charge in [0.05, 0.1) is 11.4 Å². The van der Waals surface area contributed by atoms with Crippen LogP contribution in [0.3, 0.4) is 0 Å². The fourth-order valence-electron chi connectivity index (χ4n) is 14.7. The second-order valence-electron chi connectivity index (χ2n) is 31.5. The first-order valence-electron chi connectivity index (χ1n) is 33.8. The van der Waals surface area contributed by atoms with Gasteiger partial charge in [0.2, 0.25) is 0 Å². The van der Waals surface area contributed by atoms with Crippen LogP contribution < -0.4 is 51.1 Å². The first-order chi connectivity index (χ1) is 44.8.